The number of nitro benzene ring substituents is 1. The number of ether oxygens (including phenoxy) is 1. The van der Waals surface area contributed by atoms with Gasteiger partial charge < -0.3 is 4.74 Å². The molecule has 0 atom stereocenters. The predicted octanol–water partition coefficient (Wildman–Crippen LogP) is 4.31. The summed E-state index contributed by atoms with van der Waals surface area (Å²) in [5, 5.41) is 13.3. The summed E-state index contributed by atoms with van der Waals surface area (Å²) in [6.45, 7) is 2.10. The maximum atomic E-state index is 12.0. The van der Waals surface area contributed by atoms with Crippen molar-refractivity contribution in [3.05, 3.63) is 80.8 Å². The maximum Gasteiger partial charge on any atom is 0.312 e. The van der Waals surface area contributed by atoms with E-state index in [-0.39, 0.29) is 24.7 Å². The molecule has 132 valence electrons. The number of esters is 1. The SMILES string of the molecule is Cc1ccc(-c2nc(CC(=O)OCc3ccc([N+](=O)[O-])cc3)cs2)cc1. The Labute approximate surface area is 154 Å². The predicted molar refractivity (Wildman–Crippen MR) is 98.9 cm³/mol. The largest absolute Gasteiger partial charge is 0.461 e. The van der Waals surface area contributed by atoms with Gasteiger partial charge in [0.2, 0.25) is 0 Å². The molecule has 0 aliphatic carbocycles. The standard InChI is InChI=1S/C19H16N2O4S/c1-13-2-6-15(7-3-13)19-20-16(12-26-19)10-18(22)25-11-14-4-8-17(9-5-14)21(23)24/h2-9,12H,10-11H2,1H3. The van der Waals surface area contributed by atoms with Gasteiger partial charge in [-0.3, -0.25) is 14.9 Å². The van der Waals surface area contributed by atoms with Crippen molar-refractivity contribution in [3.8, 4) is 10.6 Å². The van der Waals surface area contributed by atoms with Crippen molar-refractivity contribution in [2.45, 2.75) is 20.0 Å². The molecule has 1 aromatic heterocycles. The van der Waals surface area contributed by atoms with Crippen LogP contribution in [0.3, 0.4) is 0 Å². The second kappa shape index (κ2) is 7.88. The van der Waals surface area contributed by atoms with E-state index in [0.29, 0.717) is 11.3 Å². The number of thiazole rings is 1. The van der Waals surface area contributed by atoms with Crippen LogP contribution in [0.5, 0.6) is 0 Å². The first-order chi connectivity index (χ1) is 12.5. The lowest BCUT2D eigenvalue weighted by atomic mass is 10.2. The second-order valence-corrected chi connectivity index (χ2v) is 6.63. The van der Waals surface area contributed by atoms with Crippen LogP contribution in [0.25, 0.3) is 10.6 Å². The Morgan fingerprint density at radius 2 is 1.85 bits per heavy atom. The average molecular weight is 368 g/mol. The molecule has 0 saturated carbocycles. The lowest BCUT2D eigenvalue weighted by molar-refractivity contribution is -0.384. The molecule has 0 N–H and O–H groups in total. The second-order valence-electron chi connectivity index (χ2n) is 5.77. The summed E-state index contributed by atoms with van der Waals surface area (Å²) >= 11 is 1.49. The number of nitrogens with zero attached hydrogens (tertiary/aromatic N) is 2. The van der Waals surface area contributed by atoms with Crippen molar-refractivity contribution < 1.29 is 14.5 Å². The van der Waals surface area contributed by atoms with Gasteiger partial charge >= 0.3 is 5.97 Å². The summed E-state index contributed by atoms with van der Waals surface area (Å²) in [6.07, 6.45) is 0.0926. The molecule has 6 nitrogen and oxygen atoms in total. The average Bonchev–Trinajstić information content (AvgIpc) is 3.09. The minimum atomic E-state index is -0.469. The highest BCUT2D eigenvalue weighted by atomic mass is 32.1. The van der Waals surface area contributed by atoms with E-state index in [2.05, 4.69) is 4.98 Å². The molecule has 0 unspecified atom stereocenters. The smallest absolute Gasteiger partial charge is 0.312 e. The van der Waals surface area contributed by atoms with Crippen LogP contribution in [0.1, 0.15) is 16.8 Å². The Kier molecular flexibility index (Phi) is 5.38. The van der Waals surface area contributed by atoms with Crippen molar-refractivity contribution in [2.75, 3.05) is 0 Å². The summed E-state index contributed by atoms with van der Waals surface area (Å²) in [5.41, 5.74) is 3.57. The highest BCUT2D eigenvalue weighted by molar-refractivity contribution is 7.13. The fraction of sp³-hybridized carbons (Fsp3) is 0.158. The molecular weight excluding hydrogens is 352 g/mol. The number of hydrogen-bond donors (Lipinski definition) is 0. The molecule has 3 rings (SSSR count). The third kappa shape index (κ3) is 4.52. The summed E-state index contributed by atoms with van der Waals surface area (Å²) in [5.74, 6) is -0.385. The summed E-state index contributed by atoms with van der Waals surface area (Å²) in [6, 6.07) is 14.0. The third-order valence-corrected chi connectivity index (χ3v) is 4.66. The molecule has 0 radical (unpaired) electrons. The van der Waals surface area contributed by atoms with E-state index in [1.165, 1.54) is 29.0 Å². The summed E-state index contributed by atoms with van der Waals surface area (Å²) in [7, 11) is 0. The fourth-order valence-corrected chi connectivity index (χ4v) is 3.12. The zero-order valence-electron chi connectivity index (χ0n) is 14.0. The van der Waals surface area contributed by atoms with Gasteiger partial charge in [-0.25, -0.2) is 4.98 Å². The number of carbonyl (C=O) groups excluding carboxylic acids is 1. The molecule has 0 spiro atoms. The molecule has 26 heavy (non-hydrogen) atoms. The molecule has 0 saturated heterocycles. The van der Waals surface area contributed by atoms with E-state index in [9.17, 15) is 14.9 Å². The molecule has 7 heteroatoms. The summed E-state index contributed by atoms with van der Waals surface area (Å²) < 4.78 is 5.22. The number of carbonyl (C=O) groups is 1. The van der Waals surface area contributed by atoms with Gasteiger partial charge in [0.05, 0.1) is 17.0 Å². The lowest BCUT2D eigenvalue weighted by Gasteiger charge is -2.04. The zero-order valence-corrected chi connectivity index (χ0v) is 14.9. The first-order valence-electron chi connectivity index (χ1n) is 7.91. The van der Waals surface area contributed by atoms with Crippen LogP contribution < -0.4 is 0 Å². The van der Waals surface area contributed by atoms with Crippen molar-refractivity contribution in [3.63, 3.8) is 0 Å². The topological polar surface area (TPSA) is 82.3 Å². The van der Waals surface area contributed by atoms with Gasteiger partial charge in [0, 0.05) is 23.1 Å². The number of non-ortho nitro benzene ring substituents is 1. The fourth-order valence-electron chi connectivity index (χ4n) is 2.29. The van der Waals surface area contributed by atoms with Gasteiger partial charge in [-0.05, 0) is 24.6 Å². The Morgan fingerprint density at radius 3 is 2.50 bits per heavy atom. The first-order valence-corrected chi connectivity index (χ1v) is 8.79. The van der Waals surface area contributed by atoms with Gasteiger partial charge in [0.15, 0.2) is 0 Å². The molecular formula is C19H16N2O4S. The molecule has 0 amide bonds. The number of hydrogen-bond acceptors (Lipinski definition) is 6. The number of benzene rings is 2. The van der Waals surface area contributed by atoms with Crippen molar-refractivity contribution in [1.29, 1.82) is 0 Å². The number of aromatic nitrogens is 1. The van der Waals surface area contributed by atoms with Crippen LogP contribution >= 0.6 is 11.3 Å². The van der Waals surface area contributed by atoms with Crippen molar-refractivity contribution >= 4 is 23.0 Å². The molecule has 2 aromatic carbocycles. The van der Waals surface area contributed by atoms with Crippen molar-refractivity contribution in [1.82, 2.24) is 4.98 Å². The van der Waals surface area contributed by atoms with Gasteiger partial charge in [-0.1, -0.05) is 29.8 Å². The van der Waals surface area contributed by atoms with Gasteiger partial charge in [-0.15, -0.1) is 11.3 Å². The molecule has 0 fully saturated rings. The van der Waals surface area contributed by atoms with Gasteiger partial charge in [-0.2, -0.15) is 0 Å². The Morgan fingerprint density at radius 1 is 1.15 bits per heavy atom. The Hall–Kier alpha value is -3.06. The van der Waals surface area contributed by atoms with Crippen LogP contribution in [0.2, 0.25) is 0 Å². The van der Waals surface area contributed by atoms with Crippen LogP contribution in [0.4, 0.5) is 5.69 Å². The highest BCUT2D eigenvalue weighted by Crippen LogP contribution is 2.24. The number of aryl methyl sites for hydroxylation is 1. The van der Waals surface area contributed by atoms with Gasteiger partial charge in [0.25, 0.3) is 5.69 Å². The molecule has 0 aliphatic heterocycles. The van der Waals surface area contributed by atoms with Crippen LogP contribution in [0, 0.1) is 17.0 Å². The van der Waals surface area contributed by atoms with Crippen LogP contribution in [0.15, 0.2) is 53.9 Å². The monoisotopic (exact) mass is 368 g/mol. The number of rotatable bonds is 6. The van der Waals surface area contributed by atoms with E-state index in [1.807, 2.05) is 36.6 Å². The number of nitro groups is 1. The van der Waals surface area contributed by atoms with E-state index in [4.69, 9.17) is 4.74 Å². The van der Waals surface area contributed by atoms with E-state index < -0.39 is 4.92 Å². The highest BCUT2D eigenvalue weighted by Gasteiger charge is 2.11. The third-order valence-electron chi connectivity index (χ3n) is 3.72. The zero-order chi connectivity index (χ0) is 18.5. The Balaban J connectivity index is 1.55. The first kappa shape index (κ1) is 17.8. The van der Waals surface area contributed by atoms with Crippen LogP contribution in [-0.4, -0.2) is 15.9 Å². The molecule has 1 heterocycles. The van der Waals surface area contributed by atoms with E-state index >= 15 is 0 Å². The lowest BCUT2D eigenvalue weighted by Crippen LogP contribution is -2.08. The maximum absolute atomic E-state index is 12.0. The minimum absolute atomic E-state index is 0.00573. The quantitative estimate of drug-likeness (QED) is 0.368. The normalized spacial score (nSPS) is 10.5. The van der Waals surface area contributed by atoms with Crippen molar-refractivity contribution in [2.24, 2.45) is 0 Å². The van der Waals surface area contributed by atoms with E-state index in [1.54, 1.807) is 12.1 Å². The summed E-state index contributed by atoms with van der Waals surface area (Å²) in [4.78, 5) is 26.6. The minimum Gasteiger partial charge on any atom is -0.461 e. The van der Waals surface area contributed by atoms with Gasteiger partial charge in [0.1, 0.15) is 11.6 Å². The van der Waals surface area contributed by atoms with E-state index in [0.717, 1.165) is 10.6 Å². The molecule has 0 aliphatic rings. The molecule has 3 aromatic rings. The molecule has 0 bridgehead atoms. The Bertz CT molecular complexity index is 917. The van der Waals surface area contributed by atoms with Crippen LogP contribution in [-0.2, 0) is 22.6 Å².